The second-order valence-electron chi connectivity index (χ2n) is 3.69. The van der Waals surface area contributed by atoms with Gasteiger partial charge in [0.1, 0.15) is 0 Å². The Hall–Kier alpha value is -0.480. The largest absolute Gasteiger partial charge is 0.290 e. The monoisotopic (exact) mass is 149 g/mol. The topological polar surface area (TPSA) is 3.24 Å². The van der Waals surface area contributed by atoms with Crippen LogP contribution in [0.25, 0.3) is 0 Å². The summed E-state index contributed by atoms with van der Waals surface area (Å²) in [5.41, 5.74) is 0. The summed E-state index contributed by atoms with van der Waals surface area (Å²) in [4.78, 5) is 2.48. The molecule has 1 saturated heterocycles. The average molecular weight is 149 g/mol. The first-order chi connectivity index (χ1) is 5.42. The number of hydrogen-bond acceptors (Lipinski definition) is 1. The first kappa shape index (κ1) is 7.18. The normalized spacial score (nSPS) is 28.3. The maximum Gasteiger partial charge on any atom is 0.0740 e. The molecule has 2 rings (SSSR count). The van der Waals surface area contributed by atoms with Crippen molar-refractivity contribution in [3.05, 3.63) is 0 Å². The highest BCUT2D eigenvalue weighted by Crippen LogP contribution is 2.36. The van der Waals surface area contributed by atoms with Gasteiger partial charge in [0.05, 0.1) is 6.04 Å². The fourth-order valence-electron chi connectivity index (χ4n) is 1.97. The number of nitrogens with zero attached hydrogens (tertiary/aromatic N) is 1. The zero-order valence-corrected chi connectivity index (χ0v) is 6.92. The van der Waals surface area contributed by atoms with E-state index in [-0.39, 0.29) is 0 Å². The highest BCUT2D eigenvalue weighted by atomic mass is 15.2. The molecule has 0 aromatic rings. The molecule has 0 amide bonds. The highest BCUT2D eigenvalue weighted by Gasteiger charge is 2.34. The first-order valence-electron chi connectivity index (χ1n) is 4.62. The molecule has 0 aromatic carbocycles. The molecule has 1 unspecified atom stereocenters. The lowest BCUT2D eigenvalue weighted by Gasteiger charge is -2.21. The Labute approximate surface area is 68.8 Å². The molecule has 11 heavy (non-hydrogen) atoms. The van der Waals surface area contributed by atoms with Crippen LogP contribution in [0.2, 0.25) is 0 Å². The SMILES string of the molecule is C#CC(C1CC1)N1CCCC1. The van der Waals surface area contributed by atoms with Crippen LogP contribution >= 0.6 is 0 Å². The van der Waals surface area contributed by atoms with E-state index in [1.165, 1.54) is 38.8 Å². The molecule has 1 heteroatoms. The van der Waals surface area contributed by atoms with E-state index < -0.39 is 0 Å². The molecule has 0 aromatic heterocycles. The van der Waals surface area contributed by atoms with Crippen molar-refractivity contribution in [3.63, 3.8) is 0 Å². The van der Waals surface area contributed by atoms with Crippen molar-refractivity contribution in [1.29, 1.82) is 0 Å². The lowest BCUT2D eigenvalue weighted by atomic mass is 10.2. The molecule has 1 saturated carbocycles. The predicted molar refractivity (Wildman–Crippen MR) is 46.2 cm³/mol. The summed E-state index contributed by atoms with van der Waals surface area (Å²) < 4.78 is 0. The highest BCUT2D eigenvalue weighted by molar-refractivity contribution is 5.07. The summed E-state index contributed by atoms with van der Waals surface area (Å²) in [6.45, 7) is 2.48. The van der Waals surface area contributed by atoms with Crippen LogP contribution < -0.4 is 0 Å². The Kier molecular flexibility index (Phi) is 1.87. The minimum Gasteiger partial charge on any atom is -0.290 e. The second-order valence-corrected chi connectivity index (χ2v) is 3.69. The molecule has 60 valence electrons. The summed E-state index contributed by atoms with van der Waals surface area (Å²) in [7, 11) is 0. The Morgan fingerprint density at radius 3 is 2.36 bits per heavy atom. The first-order valence-corrected chi connectivity index (χ1v) is 4.62. The van der Waals surface area contributed by atoms with E-state index in [2.05, 4.69) is 10.8 Å². The third kappa shape index (κ3) is 1.41. The minimum atomic E-state index is 0.484. The third-order valence-electron chi connectivity index (χ3n) is 2.77. The summed E-state index contributed by atoms with van der Waals surface area (Å²) >= 11 is 0. The van der Waals surface area contributed by atoms with Crippen molar-refractivity contribution in [1.82, 2.24) is 4.90 Å². The van der Waals surface area contributed by atoms with Gasteiger partial charge in [-0.3, -0.25) is 4.90 Å². The van der Waals surface area contributed by atoms with Gasteiger partial charge in [-0.15, -0.1) is 6.42 Å². The smallest absolute Gasteiger partial charge is 0.0740 e. The fourth-order valence-corrected chi connectivity index (χ4v) is 1.97. The summed E-state index contributed by atoms with van der Waals surface area (Å²) in [6, 6.07) is 0.484. The van der Waals surface area contributed by atoms with E-state index in [4.69, 9.17) is 6.42 Å². The van der Waals surface area contributed by atoms with Gasteiger partial charge in [0.25, 0.3) is 0 Å². The third-order valence-corrected chi connectivity index (χ3v) is 2.77. The number of hydrogen-bond donors (Lipinski definition) is 0. The molecular weight excluding hydrogens is 134 g/mol. The summed E-state index contributed by atoms with van der Waals surface area (Å²) in [5, 5.41) is 0. The Morgan fingerprint density at radius 2 is 1.91 bits per heavy atom. The van der Waals surface area contributed by atoms with Crippen LogP contribution in [0.3, 0.4) is 0 Å². The van der Waals surface area contributed by atoms with Gasteiger partial charge < -0.3 is 0 Å². The quantitative estimate of drug-likeness (QED) is 0.538. The van der Waals surface area contributed by atoms with Crippen LogP contribution in [0, 0.1) is 18.3 Å². The summed E-state index contributed by atoms with van der Waals surface area (Å²) in [6.07, 6.45) is 10.9. The van der Waals surface area contributed by atoms with Gasteiger partial charge in [-0.05, 0) is 44.7 Å². The van der Waals surface area contributed by atoms with Crippen LogP contribution in [0.1, 0.15) is 25.7 Å². The maximum atomic E-state index is 5.50. The Morgan fingerprint density at radius 1 is 1.27 bits per heavy atom. The van der Waals surface area contributed by atoms with Crippen LogP contribution in [-0.4, -0.2) is 24.0 Å². The fraction of sp³-hybridized carbons (Fsp3) is 0.800. The number of terminal acetylenes is 1. The molecule has 0 spiro atoms. The van der Waals surface area contributed by atoms with E-state index in [0.717, 1.165) is 5.92 Å². The van der Waals surface area contributed by atoms with Gasteiger partial charge in [-0.1, -0.05) is 5.92 Å². The minimum absolute atomic E-state index is 0.484. The molecule has 1 aliphatic heterocycles. The van der Waals surface area contributed by atoms with Crippen molar-refractivity contribution in [2.45, 2.75) is 31.7 Å². The molecule has 1 nitrogen and oxygen atoms in total. The predicted octanol–water partition coefficient (Wildman–Crippen LogP) is 1.49. The molecule has 0 radical (unpaired) electrons. The van der Waals surface area contributed by atoms with Crippen molar-refractivity contribution in [2.24, 2.45) is 5.92 Å². The lowest BCUT2D eigenvalue weighted by molar-refractivity contribution is 0.269. The zero-order valence-electron chi connectivity index (χ0n) is 6.92. The zero-order chi connectivity index (χ0) is 7.68. The maximum absolute atomic E-state index is 5.50. The summed E-state index contributed by atoms with van der Waals surface area (Å²) in [5.74, 6) is 3.78. The Balaban J connectivity index is 1.94. The van der Waals surface area contributed by atoms with Gasteiger partial charge in [-0.2, -0.15) is 0 Å². The van der Waals surface area contributed by atoms with Crippen molar-refractivity contribution < 1.29 is 0 Å². The molecule has 1 atom stereocenters. The van der Waals surface area contributed by atoms with Crippen LogP contribution in [-0.2, 0) is 0 Å². The van der Waals surface area contributed by atoms with E-state index in [0.29, 0.717) is 6.04 Å². The molecular formula is C10H15N. The van der Waals surface area contributed by atoms with Crippen molar-refractivity contribution >= 4 is 0 Å². The number of likely N-dealkylation sites (tertiary alicyclic amines) is 1. The van der Waals surface area contributed by atoms with Crippen molar-refractivity contribution in [2.75, 3.05) is 13.1 Å². The standard InChI is InChI=1S/C10H15N/c1-2-10(9-5-6-9)11-7-3-4-8-11/h1,9-10H,3-8H2. The van der Waals surface area contributed by atoms with E-state index >= 15 is 0 Å². The van der Waals surface area contributed by atoms with Crippen LogP contribution in [0.5, 0.6) is 0 Å². The average Bonchev–Trinajstić information content (AvgIpc) is 2.68. The molecule has 2 aliphatic rings. The van der Waals surface area contributed by atoms with Gasteiger partial charge in [0, 0.05) is 0 Å². The van der Waals surface area contributed by atoms with Crippen molar-refractivity contribution in [3.8, 4) is 12.3 Å². The molecule has 0 N–H and O–H groups in total. The van der Waals surface area contributed by atoms with Gasteiger partial charge in [0.2, 0.25) is 0 Å². The van der Waals surface area contributed by atoms with Crippen LogP contribution in [0.4, 0.5) is 0 Å². The lowest BCUT2D eigenvalue weighted by Crippen LogP contribution is -2.32. The van der Waals surface area contributed by atoms with Gasteiger partial charge >= 0.3 is 0 Å². The van der Waals surface area contributed by atoms with E-state index in [1.807, 2.05) is 0 Å². The molecule has 0 bridgehead atoms. The van der Waals surface area contributed by atoms with Gasteiger partial charge in [0.15, 0.2) is 0 Å². The molecule has 1 aliphatic carbocycles. The van der Waals surface area contributed by atoms with E-state index in [9.17, 15) is 0 Å². The molecule has 2 fully saturated rings. The van der Waals surface area contributed by atoms with Crippen LogP contribution in [0.15, 0.2) is 0 Å². The Bertz CT molecular complexity index is 170. The second kappa shape index (κ2) is 2.87. The molecule has 1 heterocycles. The number of rotatable bonds is 2. The van der Waals surface area contributed by atoms with Gasteiger partial charge in [-0.25, -0.2) is 0 Å². The van der Waals surface area contributed by atoms with E-state index in [1.54, 1.807) is 0 Å².